The summed E-state index contributed by atoms with van der Waals surface area (Å²) in [5.74, 6) is 0. The zero-order valence-corrected chi connectivity index (χ0v) is 5.71. The highest BCUT2D eigenvalue weighted by molar-refractivity contribution is 4.60. The fourth-order valence-electron chi connectivity index (χ4n) is 0.712. The molecular formula is C6H16N2O. The van der Waals surface area contributed by atoms with Crippen LogP contribution in [0.2, 0.25) is 0 Å². The highest BCUT2D eigenvalue weighted by atomic mass is 16.2. The molecule has 0 spiro atoms. The monoisotopic (exact) mass is 132 g/mol. The predicted octanol–water partition coefficient (Wildman–Crippen LogP) is -0.565. The molecule has 1 atom stereocenters. The molecule has 5 N–H and O–H groups in total. The number of aliphatic hydroxyl groups is 1. The van der Waals surface area contributed by atoms with Crippen molar-refractivity contribution in [2.24, 2.45) is 11.5 Å². The third-order valence-corrected chi connectivity index (χ3v) is 1.27. The lowest BCUT2D eigenvalue weighted by Crippen LogP contribution is -2.23. The summed E-state index contributed by atoms with van der Waals surface area (Å²) in [7, 11) is 0. The third kappa shape index (κ3) is 5.76. The molecule has 0 radical (unpaired) electrons. The normalized spacial score (nSPS) is 13.7. The van der Waals surface area contributed by atoms with Crippen LogP contribution in [0, 0.1) is 0 Å². The maximum atomic E-state index is 8.40. The van der Waals surface area contributed by atoms with Crippen molar-refractivity contribution in [1.82, 2.24) is 0 Å². The first kappa shape index (κ1) is 8.88. The predicted molar refractivity (Wildman–Crippen MR) is 38.0 cm³/mol. The molecule has 0 aliphatic heterocycles. The highest BCUT2D eigenvalue weighted by Crippen LogP contribution is 1.95. The first-order chi connectivity index (χ1) is 4.31. The van der Waals surface area contributed by atoms with Gasteiger partial charge in [-0.15, -0.1) is 0 Å². The lowest BCUT2D eigenvalue weighted by Gasteiger charge is -2.07. The van der Waals surface area contributed by atoms with Crippen molar-refractivity contribution >= 4 is 0 Å². The molecule has 0 aliphatic carbocycles. The summed E-state index contributed by atoms with van der Waals surface area (Å²) in [6, 6.07) is 0.183. The number of nitrogens with two attached hydrogens (primary N) is 2. The van der Waals surface area contributed by atoms with E-state index in [1.807, 2.05) is 0 Å². The van der Waals surface area contributed by atoms with E-state index in [1.54, 1.807) is 0 Å². The van der Waals surface area contributed by atoms with Crippen LogP contribution in [0.25, 0.3) is 0 Å². The molecule has 0 saturated carbocycles. The maximum absolute atomic E-state index is 8.40. The van der Waals surface area contributed by atoms with E-state index in [0.29, 0.717) is 6.54 Å². The molecule has 0 aromatic carbocycles. The average molecular weight is 132 g/mol. The van der Waals surface area contributed by atoms with Crippen LogP contribution in [-0.2, 0) is 0 Å². The zero-order valence-electron chi connectivity index (χ0n) is 5.71. The molecule has 0 aromatic heterocycles. The van der Waals surface area contributed by atoms with E-state index < -0.39 is 0 Å². The quantitative estimate of drug-likeness (QED) is 0.469. The van der Waals surface area contributed by atoms with Crippen LogP contribution in [-0.4, -0.2) is 24.3 Å². The summed E-state index contributed by atoms with van der Waals surface area (Å²) in [4.78, 5) is 0. The molecule has 3 nitrogen and oxygen atoms in total. The second-order valence-electron chi connectivity index (χ2n) is 2.20. The maximum Gasteiger partial charge on any atom is 0.0431 e. The van der Waals surface area contributed by atoms with Crippen LogP contribution < -0.4 is 11.5 Å². The van der Waals surface area contributed by atoms with Gasteiger partial charge in [0, 0.05) is 12.6 Å². The van der Waals surface area contributed by atoms with Gasteiger partial charge in [-0.25, -0.2) is 0 Å². The van der Waals surface area contributed by atoms with Crippen LogP contribution in [0.15, 0.2) is 0 Å². The number of hydrogen-bond donors (Lipinski definition) is 3. The largest absolute Gasteiger partial charge is 0.396 e. The molecule has 56 valence electrons. The van der Waals surface area contributed by atoms with E-state index in [9.17, 15) is 0 Å². The number of aliphatic hydroxyl groups excluding tert-OH is 1. The van der Waals surface area contributed by atoms with Gasteiger partial charge in [0.05, 0.1) is 0 Å². The first-order valence-electron chi connectivity index (χ1n) is 3.37. The van der Waals surface area contributed by atoms with Crippen molar-refractivity contribution in [2.45, 2.75) is 25.3 Å². The van der Waals surface area contributed by atoms with Gasteiger partial charge in [-0.05, 0) is 25.8 Å². The third-order valence-electron chi connectivity index (χ3n) is 1.27. The number of rotatable bonds is 5. The Hall–Kier alpha value is -0.120. The van der Waals surface area contributed by atoms with Crippen LogP contribution >= 0.6 is 0 Å². The molecule has 0 aromatic rings. The Morgan fingerprint density at radius 3 is 2.44 bits per heavy atom. The minimum atomic E-state index is 0.183. The second kappa shape index (κ2) is 6.01. The average Bonchev–Trinajstić information content (AvgIpc) is 1.85. The standard InChI is InChI=1S/C6H16N2O/c7-4-3-6(8)2-1-5-9/h6,9H,1-5,7-8H2/t6-/m0/s1. The van der Waals surface area contributed by atoms with E-state index in [1.165, 1.54) is 0 Å². The van der Waals surface area contributed by atoms with Gasteiger partial charge in [-0.3, -0.25) is 0 Å². The fourth-order valence-corrected chi connectivity index (χ4v) is 0.712. The van der Waals surface area contributed by atoms with Gasteiger partial charge in [0.1, 0.15) is 0 Å². The van der Waals surface area contributed by atoms with Gasteiger partial charge in [0.2, 0.25) is 0 Å². The van der Waals surface area contributed by atoms with Gasteiger partial charge < -0.3 is 16.6 Å². The van der Waals surface area contributed by atoms with Crippen molar-refractivity contribution < 1.29 is 5.11 Å². The Morgan fingerprint density at radius 2 is 2.00 bits per heavy atom. The Morgan fingerprint density at radius 1 is 1.33 bits per heavy atom. The molecule has 0 bridgehead atoms. The van der Waals surface area contributed by atoms with Gasteiger partial charge in [0.15, 0.2) is 0 Å². The molecule has 3 heteroatoms. The van der Waals surface area contributed by atoms with E-state index >= 15 is 0 Å². The smallest absolute Gasteiger partial charge is 0.0431 e. The Bertz CT molecular complexity index is 59.0. The summed E-state index contributed by atoms with van der Waals surface area (Å²) in [6.45, 7) is 0.880. The molecule has 0 saturated heterocycles. The van der Waals surface area contributed by atoms with Crippen LogP contribution in [0.5, 0.6) is 0 Å². The summed E-state index contributed by atoms with van der Waals surface area (Å²) in [5, 5.41) is 8.40. The van der Waals surface area contributed by atoms with Gasteiger partial charge in [-0.2, -0.15) is 0 Å². The van der Waals surface area contributed by atoms with Gasteiger partial charge in [0.25, 0.3) is 0 Å². The van der Waals surface area contributed by atoms with Crippen molar-refractivity contribution in [3.63, 3.8) is 0 Å². The summed E-state index contributed by atoms with van der Waals surface area (Å²) < 4.78 is 0. The van der Waals surface area contributed by atoms with Crippen molar-refractivity contribution in [3.8, 4) is 0 Å². The minimum Gasteiger partial charge on any atom is -0.396 e. The summed E-state index contributed by atoms with van der Waals surface area (Å²) in [5.41, 5.74) is 10.8. The molecule has 0 rings (SSSR count). The minimum absolute atomic E-state index is 0.183. The van der Waals surface area contributed by atoms with E-state index in [-0.39, 0.29) is 12.6 Å². The van der Waals surface area contributed by atoms with Crippen LogP contribution in [0.3, 0.4) is 0 Å². The molecule has 0 aliphatic rings. The Labute approximate surface area is 56.0 Å². The van der Waals surface area contributed by atoms with Crippen molar-refractivity contribution in [2.75, 3.05) is 13.2 Å². The fraction of sp³-hybridized carbons (Fsp3) is 1.00. The Kier molecular flexibility index (Phi) is 5.93. The molecule has 9 heavy (non-hydrogen) atoms. The molecule has 0 amide bonds. The molecule has 0 heterocycles. The van der Waals surface area contributed by atoms with Crippen LogP contribution in [0.1, 0.15) is 19.3 Å². The summed E-state index contributed by atoms with van der Waals surface area (Å²) >= 11 is 0. The lowest BCUT2D eigenvalue weighted by atomic mass is 10.1. The molecule has 0 unspecified atom stereocenters. The van der Waals surface area contributed by atoms with Gasteiger partial charge in [-0.1, -0.05) is 0 Å². The lowest BCUT2D eigenvalue weighted by molar-refractivity contribution is 0.278. The van der Waals surface area contributed by atoms with Crippen molar-refractivity contribution in [3.05, 3.63) is 0 Å². The zero-order chi connectivity index (χ0) is 7.11. The SMILES string of the molecule is NCC[C@@H](N)CCCO. The van der Waals surface area contributed by atoms with E-state index in [2.05, 4.69) is 0 Å². The van der Waals surface area contributed by atoms with Crippen molar-refractivity contribution in [1.29, 1.82) is 0 Å². The Balaban J connectivity index is 2.95. The highest BCUT2D eigenvalue weighted by Gasteiger charge is 1.98. The first-order valence-corrected chi connectivity index (χ1v) is 3.37. The van der Waals surface area contributed by atoms with E-state index in [4.69, 9.17) is 16.6 Å². The van der Waals surface area contributed by atoms with Gasteiger partial charge >= 0.3 is 0 Å². The van der Waals surface area contributed by atoms with Crippen LogP contribution in [0.4, 0.5) is 0 Å². The number of hydrogen-bond acceptors (Lipinski definition) is 3. The van der Waals surface area contributed by atoms with E-state index in [0.717, 1.165) is 19.3 Å². The molecule has 0 fully saturated rings. The summed E-state index contributed by atoms with van der Waals surface area (Å²) in [6.07, 6.45) is 2.54. The topological polar surface area (TPSA) is 72.3 Å². The molecular weight excluding hydrogens is 116 g/mol. The second-order valence-corrected chi connectivity index (χ2v) is 2.20.